The van der Waals surface area contributed by atoms with E-state index in [2.05, 4.69) is 22.2 Å². The van der Waals surface area contributed by atoms with Crippen LogP contribution in [0.3, 0.4) is 0 Å². The molecule has 2 aromatic heterocycles. The highest BCUT2D eigenvalue weighted by molar-refractivity contribution is 5.06. The Hall–Kier alpha value is -1.85. The minimum absolute atomic E-state index is 0.452. The van der Waals surface area contributed by atoms with Crippen molar-refractivity contribution < 1.29 is 9.52 Å². The summed E-state index contributed by atoms with van der Waals surface area (Å²) in [5, 5.41) is 15.1. The average Bonchev–Trinajstić information content (AvgIpc) is 3.18. The van der Waals surface area contributed by atoms with Gasteiger partial charge in [-0.1, -0.05) is 12.2 Å². The Bertz CT molecular complexity index is 675. The molecule has 0 fully saturated rings. The molecule has 2 aromatic rings. The third-order valence-electron chi connectivity index (χ3n) is 4.81. The Labute approximate surface area is 149 Å². The summed E-state index contributed by atoms with van der Waals surface area (Å²) >= 11 is 0. The van der Waals surface area contributed by atoms with Crippen molar-refractivity contribution in [2.24, 2.45) is 5.92 Å². The normalized spacial score (nSPS) is 18.8. The number of aliphatic hydroxyl groups excluding tert-OH is 1. The second kappa shape index (κ2) is 8.50. The second-order valence-electron chi connectivity index (χ2n) is 7.19. The third kappa shape index (κ3) is 5.31. The number of hydrogen-bond donors (Lipinski definition) is 1. The monoisotopic (exact) mass is 343 g/mol. The molecule has 0 unspecified atom stereocenters. The molecule has 1 aliphatic rings. The number of allylic oxidation sites excluding steroid dienone is 2. The van der Waals surface area contributed by atoms with Crippen LogP contribution in [-0.4, -0.2) is 39.0 Å². The number of furan rings is 1. The van der Waals surface area contributed by atoms with E-state index >= 15 is 0 Å². The molecule has 0 radical (unpaired) electrons. The standard InChI is InChI=1S/C20H29N3O2/c1-16-11-17(2)23(21-16)14-19(24)13-22(15-20-9-6-10-25-20)12-18-7-4-3-5-8-18/h3-4,6,9-11,18-19,24H,5,7-8,12-15H2,1-2H3/t18-,19-/m0/s1. The SMILES string of the molecule is Cc1cc(C)n(C[C@@H](O)CN(Cc2ccco2)C[C@H]2CC=CCC2)n1. The molecule has 0 amide bonds. The molecule has 25 heavy (non-hydrogen) atoms. The third-order valence-corrected chi connectivity index (χ3v) is 4.81. The van der Waals surface area contributed by atoms with Gasteiger partial charge in [0, 0.05) is 18.8 Å². The van der Waals surface area contributed by atoms with Gasteiger partial charge in [0.25, 0.3) is 0 Å². The first-order valence-electron chi connectivity index (χ1n) is 9.19. The maximum Gasteiger partial charge on any atom is 0.117 e. The minimum atomic E-state index is -0.452. The van der Waals surface area contributed by atoms with Crippen LogP contribution < -0.4 is 0 Å². The van der Waals surface area contributed by atoms with Crippen molar-refractivity contribution in [3.63, 3.8) is 0 Å². The lowest BCUT2D eigenvalue weighted by molar-refractivity contribution is 0.0779. The maximum atomic E-state index is 10.6. The van der Waals surface area contributed by atoms with Crippen LogP contribution in [0.1, 0.15) is 36.4 Å². The van der Waals surface area contributed by atoms with Crippen molar-refractivity contribution in [1.29, 1.82) is 0 Å². The van der Waals surface area contributed by atoms with Crippen LogP contribution in [0, 0.1) is 19.8 Å². The quantitative estimate of drug-likeness (QED) is 0.747. The first kappa shape index (κ1) is 18.0. The highest BCUT2D eigenvalue weighted by Crippen LogP contribution is 2.20. The molecule has 136 valence electrons. The minimum Gasteiger partial charge on any atom is -0.468 e. The smallest absolute Gasteiger partial charge is 0.117 e. The lowest BCUT2D eigenvalue weighted by Crippen LogP contribution is -2.38. The van der Waals surface area contributed by atoms with E-state index in [9.17, 15) is 5.11 Å². The molecule has 2 atom stereocenters. The van der Waals surface area contributed by atoms with Crippen molar-refractivity contribution in [2.45, 2.75) is 52.3 Å². The molecule has 1 aliphatic carbocycles. The van der Waals surface area contributed by atoms with Crippen molar-refractivity contribution in [1.82, 2.24) is 14.7 Å². The molecule has 0 saturated heterocycles. The van der Waals surface area contributed by atoms with Gasteiger partial charge in [-0.15, -0.1) is 0 Å². The van der Waals surface area contributed by atoms with Crippen LogP contribution in [0.2, 0.25) is 0 Å². The summed E-state index contributed by atoms with van der Waals surface area (Å²) in [4.78, 5) is 2.32. The number of aliphatic hydroxyl groups is 1. The molecule has 1 N–H and O–H groups in total. The molecule has 0 spiro atoms. The number of hydrogen-bond acceptors (Lipinski definition) is 4. The molecule has 0 saturated carbocycles. The number of aryl methyl sites for hydroxylation is 2. The van der Waals surface area contributed by atoms with Gasteiger partial charge in [0.2, 0.25) is 0 Å². The average molecular weight is 343 g/mol. The van der Waals surface area contributed by atoms with Gasteiger partial charge in [-0.05, 0) is 57.2 Å². The molecule has 5 nitrogen and oxygen atoms in total. The zero-order valence-corrected chi connectivity index (χ0v) is 15.3. The van der Waals surface area contributed by atoms with E-state index in [0.717, 1.165) is 43.1 Å². The van der Waals surface area contributed by atoms with Gasteiger partial charge in [-0.3, -0.25) is 9.58 Å². The van der Waals surface area contributed by atoms with Gasteiger partial charge in [-0.25, -0.2) is 0 Å². The van der Waals surface area contributed by atoms with E-state index in [4.69, 9.17) is 4.42 Å². The van der Waals surface area contributed by atoms with Crippen molar-refractivity contribution >= 4 is 0 Å². The maximum absolute atomic E-state index is 10.6. The van der Waals surface area contributed by atoms with E-state index in [1.54, 1.807) is 6.26 Å². The van der Waals surface area contributed by atoms with Crippen molar-refractivity contribution in [3.05, 3.63) is 53.8 Å². The van der Waals surface area contributed by atoms with Gasteiger partial charge in [0.05, 0.1) is 31.2 Å². The first-order chi connectivity index (χ1) is 12.1. The van der Waals surface area contributed by atoms with Crippen molar-refractivity contribution in [2.75, 3.05) is 13.1 Å². The van der Waals surface area contributed by atoms with Crippen LogP contribution in [-0.2, 0) is 13.1 Å². The Morgan fingerprint density at radius 1 is 1.40 bits per heavy atom. The van der Waals surface area contributed by atoms with E-state index in [0.29, 0.717) is 19.0 Å². The summed E-state index contributed by atoms with van der Waals surface area (Å²) in [5.74, 6) is 1.60. The zero-order chi connectivity index (χ0) is 17.6. The van der Waals surface area contributed by atoms with Gasteiger partial charge in [0.15, 0.2) is 0 Å². The Morgan fingerprint density at radius 3 is 2.92 bits per heavy atom. The van der Waals surface area contributed by atoms with E-state index in [1.807, 2.05) is 36.7 Å². The summed E-state index contributed by atoms with van der Waals surface area (Å²) in [6.45, 7) is 6.89. The summed E-state index contributed by atoms with van der Waals surface area (Å²) in [6.07, 6.45) is 9.32. The van der Waals surface area contributed by atoms with Crippen LogP contribution in [0.15, 0.2) is 41.0 Å². The number of nitrogens with zero attached hydrogens (tertiary/aromatic N) is 3. The highest BCUT2D eigenvalue weighted by atomic mass is 16.3. The molecular weight excluding hydrogens is 314 g/mol. The molecule has 0 bridgehead atoms. The second-order valence-corrected chi connectivity index (χ2v) is 7.19. The number of aromatic nitrogens is 2. The van der Waals surface area contributed by atoms with Gasteiger partial charge >= 0.3 is 0 Å². The highest BCUT2D eigenvalue weighted by Gasteiger charge is 2.19. The summed E-state index contributed by atoms with van der Waals surface area (Å²) in [5.41, 5.74) is 2.08. The van der Waals surface area contributed by atoms with E-state index < -0.39 is 6.10 Å². The molecule has 3 rings (SSSR count). The molecule has 5 heteroatoms. The molecule has 0 aromatic carbocycles. The van der Waals surface area contributed by atoms with Gasteiger partial charge in [-0.2, -0.15) is 5.10 Å². The summed E-state index contributed by atoms with van der Waals surface area (Å²) in [7, 11) is 0. The van der Waals surface area contributed by atoms with Crippen LogP contribution >= 0.6 is 0 Å². The topological polar surface area (TPSA) is 54.4 Å². The largest absolute Gasteiger partial charge is 0.468 e. The van der Waals surface area contributed by atoms with Crippen molar-refractivity contribution in [3.8, 4) is 0 Å². The Balaban J connectivity index is 1.61. The Morgan fingerprint density at radius 2 is 2.28 bits per heavy atom. The Kier molecular flexibility index (Phi) is 6.10. The number of rotatable bonds is 8. The lowest BCUT2D eigenvalue weighted by Gasteiger charge is -2.29. The molecule has 2 heterocycles. The van der Waals surface area contributed by atoms with Crippen LogP contribution in [0.5, 0.6) is 0 Å². The predicted octanol–water partition coefficient (Wildman–Crippen LogP) is 3.31. The fourth-order valence-corrected chi connectivity index (χ4v) is 3.63. The fourth-order valence-electron chi connectivity index (χ4n) is 3.63. The van der Waals surface area contributed by atoms with E-state index in [-0.39, 0.29) is 0 Å². The zero-order valence-electron chi connectivity index (χ0n) is 15.3. The van der Waals surface area contributed by atoms with Crippen LogP contribution in [0.4, 0.5) is 0 Å². The van der Waals surface area contributed by atoms with Gasteiger partial charge < -0.3 is 9.52 Å². The first-order valence-corrected chi connectivity index (χ1v) is 9.19. The summed E-state index contributed by atoms with van der Waals surface area (Å²) < 4.78 is 7.42. The molecule has 0 aliphatic heterocycles. The lowest BCUT2D eigenvalue weighted by atomic mass is 9.94. The van der Waals surface area contributed by atoms with Gasteiger partial charge in [0.1, 0.15) is 5.76 Å². The molecular formula is C20H29N3O2. The predicted molar refractivity (Wildman–Crippen MR) is 98.2 cm³/mol. The van der Waals surface area contributed by atoms with E-state index in [1.165, 1.54) is 6.42 Å². The summed E-state index contributed by atoms with van der Waals surface area (Å²) in [6, 6.07) is 5.96. The van der Waals surface area contributed by atoms with Crippen LogP contribution in [0.25, 0.3) is 0 Å². The fraction of sp³-hybridized carbons (Fsp3) is 0.550.